The molecule has 8 heavy (non-hydrogen) atoms. The minimum atomic E-state index is -0.280. The lowest BCUT2D eigenvalue weighted by molar-refractivity contribution is -0.114. The van der Waals surface area contributed by atoms with Crippen molar-refractivity contribution in [3.8, 4) is 0 Å². The van der Waals surface area contributed by atoms with Crippen LogP contribution in [-0.2, 0) is 9.59 Å². The first kappa shape index (κ1) is 6.88. The predicted octanol–water partition coefficient (Wildman–Crippen LogP) is -0.383. The van der Waals surface area contributed by atoms with Gasteiger partial charge in [-0.2, -0.15) is 0 Å². The normalized spacial score (nSPS) is 10.9. The molecule has 0 heterocycles. The van der Waals surface area contributed by atoms with Gasteiger partial charge in [0.2, 0.25) is 0 Å². The Morgan fingerprint density at radius 3 is 2.25 bits per heavy atom. The molecule has 3 heteroatoms. The van der Waals surface area contributed by atoms with E-state index >= 15 is 0 Å². The molecule has 0 aromatic carbocycles. The van der Waals surface area contributed by atoms with E-state index < -0.39 is 0 Å². The molecule has 0 aromatic heterocycles. The van der Waals surface area contributed by atoms with Crippen molar-refractivity contribution in [3.05, 3.63) is 11.8 Å². The van der Waals surface area contributed by atoms with Gasteiger partial charge in [-0.15, -0.1) is 0 Å². The fourth-order valence-electron chi connectivity index (χ4n) is 0.191. The van der Waals surface area contributed by atoms with Gasteiger partial charge < -0.3 is 5.73 Å². The highest BCUT2D eigenvalue weighted by Crippen LogP contribution is 1.80. The highest BCUT2D eigenvalue weighted by Gasteiger charge is 1.92. The zero-order valence-electron chi connectivity index (χ0n) is 4.55. The van der Waals surface area contributed by atoms with Crippen LogP contribution in [0.4, 0.5) is 0 Å². The molecule has 0 bridgehead atoms. The predicted molar refractivity (Wildman–Crippen MR) is 29.0 cm³/mol. The van der Waals surface area contributed by atoms with E-state index in [1.54, 1.807) is 0 Å². The molecule has 0 unspecified atom stereocenters. The molecular formula is C5H7NO2. The molecule has 2 N–H and O–H groups in total. The van der Waals surface area contributed by atoms with Gasteiger partial charge in [-0.25, -0.2) is 0 Å². The summed E-state index contributed by atoms with van der Waals surface area (Å²) in [5.74, 6) is -0.280. The summed E-state index contributed by atoms with van der Waals surface area (Å²) < 4.78 is 0. The fraction of sp³-hybridized carbons (Fsp3) is 0.200. The van der Waals surface area contributed by atoms with Gasteiger partial charge in [0.05, 0.1) is 5.70 Å². The molecule has 0 amide bonds. The van der Waals surface area contributed by atoms with Crippen LogP contribution in [0, 0.1) is 0 Å². The molecule has 0 atom stereocenters. The number of nitrogens with two attached hydrogens (primary N) is 1. The van der Waals surface area contributed by atoms with Gasteiger partial charge in [0, 0.05) is 13.0 Å². The standard InChI is InChI=1S/C5H7NO2/c1-4(8)5(6)2-3-7/h2-3H,6H2,1H3. The summed E-state index contributed by atoms with van der Waals surface area (Å²) in [6, 6.07) is 0. The summed E-state index contributed by atoms with van der Waals surface area (Å²) in [7, 11) is 0. The minimum Gasteiger partial charge on any atom is -0.396 e. The maximum Gasteiger partial charge on any atom is 0.175 e. The van der Waals surface area contributed by atoms with E-state index in [2.05, 4.69) is 0 Å². The third kappa shape index (κ3) is 2.12. The van der Waals surface area contributed by atoms with E-state index in [0.717, 1.165) is 6.08 Å². The first-order valence-electron chi connectivity index (χ1n) is 2.10. The number of ketones is 1. The summed E-state index contributed by atoms with van der Waals surface area (Å²) in [6.45, 7) is 1.30. The SMILES string of the molecule is CC(=O)C(N)=CC=O. The number of aldehydes is 1. The van der Waals surface area contributed by atoms with Gasteiger partial charge >= 0.3 is 0 Å². The Morgan fingerprint density at radius 2 is 2.12 bits per heavy atom. The number of hydrogen-bond acceptors (Lipinski definition) is 3. The maximum atomic E-state index is 10.2. The third-order valence-electron chi connectivity index (χ3n) is 0.654. The second-order valence-electron chi connectivity index (χ2n) is 1.31. The van der Waals surface area contributed by atoms with E-state index in [1.165, 1.54) is 6.92 Å². The van der Waals surface area contributed by atoms with E-state index in [4.69, 9.17) is 5.73 Å². The highest BCUT2D eigenvalue weighted by molar-refractivity contribution is 5.95. The smallest absolute Gasteiger partial charge is 0.175 e. The van der Waals surface area contributed by atoms with Gasteiger partial charge in [0.1, 0.15) is 6.29 Å². The molecule has 0 aliphatic carbocycles. The number of allylic oxidation sites excluding steroid dienone is 2. The Morgan fingerprint density at radius 1 is 1.62 bits per heavy atom. The minimum absolute atomic E-state index is 0.000000000000000444. The van der Waals surface area contributed by atoms with E-state index in [-0.39, 0.29) is 11.5 Å². The fourth-order valence-corrected chi connectivity index (χ4v) is 0.191. The first-order valence-corrected chi connectivity index (χ1v) is 2.10. The van der Waals surface area contributed by atoms with Crippen LogP contribution in [0.5, 0.6) is 0 Å². The lowest BCUT2D eigenvalue weighted by Gasteiger charge is -1.85. The molecule has 0 radical (unpaired) electrons. The quantitative estimate of drug-likeness (QED) is 0.392. The summed E-state index contributed by atoms with van der Waals surface area (Å²) >= 11 is 0. The second kappa shape index (κ2) is 2.96. The van der Waals surface area contributed by atoms with Crippen molar-refractivity contribution < 1.29 is 9.59 Å². The van der Waals surface area contributed by atoms with Crippen LogP contribution in [0.1, 0.15) is 6.92 Å². The summed E-state index contributed by atoms with van der Waals surface area (Å²) in [5.41, 5.74) is 5.01. The van der Waals surface area contributed by atoms with E-state index in [1.807, 2.05) is 0 Å². The number of hydrogen-bond donors (Lipinski definition) is 1. The molecule has 0 saturated carbocycles. The summed E-state index contributed by atoms with van der Waals surface area (Å²) in [5, 5.41) is 0. The molecule has 3 nitrogen and oxygen atoms in total. The lowest BCUT2D eigenvalue weighted by atomic mass is 10.3. The molecule has 0 aliphatic heterocycles. The lowest BCUT2D eigenvalue weighted by Crippen LogP contribution is -2.06. The summed E-state index contributed by atoms with van der Waals surface area (Å²) in [6.07, 6.45) is 1.51. The van der Waals surface area contributed by atoms with Crippen LogP contribution in [0.3, 0.4) is 0 Å². The van der Waals surface area contributed by atoms with Crippen molar-refractivity contribution in [1.29, 1.82) is 0 Å². The Balaban J connectivity index is 3.99. The molecular weight excluding hydrogens is 106 g/mol. The van der Waals surface area contributed by atoms with Crippen LogP contribution < -0.4 is 5.73 Å². The molecule has 0 aromatic rings. The molecule has 0 spiro atoms. The largest absolute Gasteiger partial charge is 0.396 e. The van der Waals surface area contributed by atoms with E-state index in [0.29, 0.717) is 6.29 Å². The van der Waals surface area contributed by atoms with Gasteiger partial charge in [0.15, 0.2) is 5.78 Å². The Bertz CT molecular complexity index is 137. The molecule has 0 aliphatic rings. The second-order valence-corrected chi connectivity index (χ2v) is 1.31. The van der Waals surface area contributed by atoms with Crippen molar-refractivity contribution in [1.82, 2.24) is 0 Å². The van der Waals surface area contributed by atoms with Crippen LogP contribution in [0.2, 0.25) is 0 Å². The third-order valence-corrected chi connectivity index (χ3v) is 0.654. The van der Waals surface area contributed by atoms with Crippen molar-refractivity contribution in [2.75, 3.05) is 0 Å². The van der Waals surface area contributed by atoms with Crippen LogP contribution in [-0.4, -0.2) is 12.1 Å². The van der Waals surface area contributed by atoms with Gasteiger partial charge in [0.25, 0.3) is 0 Å². The number of Topliss-reactive ketones (excluding diaryl/α,β-unsaturated/α-hetero) is 1. The van der Waals surface area contributed by atoms with Gasteiger partial charge in [-0.1, -0.05) is 0 Å². The van der Waals surface area contributed by atoms with Gasteiger partial charge in [-0.05, 0) is 0 Å². The monoisotopic (exact) mass is 113 g/mol. The Kier molecular flexibility index (Phi) is 2.54. The molecule has 0 rings (SSSR count). The Hall–Kier alpha value is -1.12. The number of carbonyl (C=O) groups is 2. The van der Waals surface area contributed by atoms with Crippen LogP contribution in [0.25, 0.3) is 0 Å². The van der Waals surface area contributed by atoms with Crippen LogP contribution in [0.15, 0.2) is 11.8 Å². The number of carbonyl (C=O) groups excluding carboxylic acids is 2. The topological polar surface area (TPSA) is 60.2 Å². The maximum absolute atomic E-state index is 10.2. The van der Waals surface area contributed by atoms with E-state index in [9.17, 15) is 9.59 Å². The van der Waals surface area contributed by atoms with Crippen LogP contribution >= 0.6 is 0 Å². The summed E-state index contributed by atoms with van der Waals surface area (Å²) in [4.78, 5) is 19.8. The van der Waals surface area contributed by atoms with Crippen molar-refractivity contribution in [2.45, 2.75) is 6.92 Å². The average molecular weight is 113 g/mol. The molecule has 0 saturated heterocycles. The molecule has 0 fully saturated rings. The number of rotatable bonds is 2. The first-order chi connectivity index (χ1) is 3.68. The molecule has 44 valence electrons. The highest BCUT2D eigenvalue weighted by atomic mass is 16.1. The van der Waals surface area contributed by atoms with Crippen molar-refractivity contribution in [2.24, 2.45) is 5.73 Å². The zero-order valence-corrected chi connectivity index (χ0v) is 4.55. The average Bonchev–Trinajstić information content (AvgIpc) is 1.67. The van der Waals surface area contributed by atoms with Crippen molar-refractivity contribution in [3.63, 3.8) is 0 Å². The zero-order chi connectivity index (χ0) is 6.57. The van der Waals surface area contributed by atoms with Gasteiger partial charge in [-0.3, -0.25) is 9.59 Å². The van der Waals surface area contributed by atoms with Crippen molar-refractivity contribution >= 4 is 12.1 Å². The Labute approximate surface area is 47.2 Å².